The third-order valence-electron chi connectivity index (χ3n) is 6.13. The molecule has 0 radical (unpaired) electrons. The van der Waals surface area contributed by atoms with E-state index in [1.165, 1.54) is 17.1 Å². The first-order valence-corrected chi connectivity index (χ1v) is 11.0. The van der Waals surface area contributed by atoms with Crippen molar-refractivity contribution >= 4 is 33.4 Å². The Bertz CT molecular complexity index is 1020. The first-order valence-electron chi connectivity index (χ1n) is 10.0. The summed E-state index contributed by atoms with van der Waals surface area (Å²) in [4.78, 5) is 0. The minimum atomic E-state index is -5.89. The van der Waals surface area contributed by atoms with Gasteiger partial charge in [0.25, 0.3) is 5.67 Å². The molecule has 2 unspecified atom stereocenters. The van der Waals surface area contributed by atoms with E-state index in [-0.39, 0.29) is 22.7 Å². The van der Waals surface area contributed by atoms with Gasteiger partial charge in [-0.2, -0.15) is 27.1 Å². The van der Waals surface area contributed by atoms with E-state index in [4.69, 9.17) is 20.9 Å². The van der Waals surface area contributed by atoms with E-state index >= 15 is 0 Å². The van der Waals surface area contributed by atoms with Gasteiger partial charge in [-0.25, -0.2) is 9.07 Å². The number of halogens is 7. The SMILES string of the molecule is CCc1cc(C(F)(C(F)(F)F)C(F)(F)P)cc(Cl)c1-n1cc(B2OC(C)(C)C(C)(C)O2)cn1. The van der Waals surface area contributed by atoms with Gasteiger partial charge in [0.05, 0.1) is 21.9 Å². The smallest absolute Gasteiger partial charge is 0.399 e. The summed E-state index contributed by atoms with van der Waals surface area (Å²) in [6.45, 7) is 9.05. The van der Waals surface area contributed by atoms with Crippen LogP contribution >= 0.6 is 20.8 Å². The highest BCUT2D eigenvalue weighted by Gasteiger charge is 2.70. The summed E-state index contributed by atoms with van der Waals surface area (Å²) < 4.78 is 96.0. The molecule has 3 rings (SSSR count). The fourth-order valence-corrected chi connectivity index (χ4v) is 4.14. The van der Waals surface area contributed by atoms with Gasteiger partial charge >= 0.3 is 19.0 Å². The van der Waals surface area contributed by atoms with Crippen LogP contribution in [0.4, 0.5) is 26.3 Å². The lowest BCUT2D eigenvalue weighted by Gasteiger charge is -2.33. The first kappa shape index (κ1) is 26.3. The molecule has 1 fully saturated rings. The molecular formula is C20H23BClF6N2O2P. The molecule has 1 aromatic carbocycles. The third kappa shape index (κ3) is 4.30. The summed E-state index contributed by atoms with van der Waals surface area (Å²) in [5.74, 6) is 0. The fraction of sp³-hybridized carbons (Fsp3) is 0.550. The summed E-state index contributed by atoms with van der Waals surface area (Å²) in [5.41, 5.74) is -11.5. The Morgan fingerprint density at radius 1 is 1.06 bits per heavy atom. The van der Waals surface area contributed by atoms with E-state index in [0.717, 1.165) is 6.07 Å². The minimum absolute atomic E-state index is 0.0743. The van der Waals surface area contributed by atoms with Gasteiger partial charge in [0.2, 0.25) is 0 Å². The van der Waals surface area contributed by atoms with E-state index in [9.17, 15) is 26.3 Å². The second-order valence-corrected chi connectivity index (χ2v) is 10.0. The molecule has 0 bridgehead atoms. The average molecular weight is 515 g/mol. The maximum atomic E-state index is 14.9. The van der Waals surface area contributed by atoms with Crippen molar-refractivity contribution in [3.63, 3.8) is 0 Å². The number of hydrogen-bond donors (Lipinski definition) is 0. The summed E-state index contributed by atoms with van der Waals surface area (Å²) in [7, 11) is -0.131. The molecule has 2 aromatic rings. The summed E-state index contributed by atoms with van der Waals surface area (Å²) in [5, 5.41) is 3.82. The molecule has 1 aliphatic rings. The van der Waals surface area contributed by atoms with E-state index < -0.39 is 41.4 Å². The Labute approximate surface area is 195 Å². The number of aryl methyl sites for hydroxylation is 1. The van der Waals surface area contributed by atoms with Crippen LogP contribution < -0.4 is 5.46 Å². The largest absolute Gasteiger partial charge is 0.498 e. The number of benzene rings is 1. The molecule has 4 nitrogen and oxygen atoms in total. The number of alkyl halides is 6. The van der Waals surface area contributed by atoms with Crippen molar-refractivity contribution in [2.75, 3.05) is 0 Å². The average Bonchev–Trinajstić information content (AvgIpc) is 3.20. The lowest BCUT2D eigenvalue weighted by Crippen LogP contribution is -2.49. The third-order valence-corrected chi connectivity index (χ3v) is 6.81. The highest BCUT2D eigenvalue weighted by molar-refractivity contribution is 7.18. The lowest BCUT2D eigenvalue weighted by molar-refractivity contribution is -0.284. The van der Waals surface area contributed by atoms with Gasteiger partial charge in [0, 0.05) is 23.4 Å². The van der Waals surface area contributed by atoms with Crippen LogP contribution in [0.1, 0.15) is 45.7 Å². The summed E-state index contributed by atoms with van der Waals surface area (Å²) >= 11 is 6.20. The second-order valence-electron chi connectivity index (χ2n) is 8.91. The molecular weight excluding hydrogens is 491 g/mol. The zero-order chi connectivity index (χ0) is 25.2. The van der Waals surface area contributed by atoms with Crippen LogP contribution in [0.5, 0.6) is 0 Å². The molecule has 0 N–H and O–H groups in total. The van der Waals surface area contributed by atoms with Crippen molar-refractivity contribution < 1.29 is 35.7 Å². The molecule has 0 spiro atoms. The van der Waals surface area contributed by atoms with Crippen molar-refractivity contribution in [1.82, 2.24) is 9.78 Å². The molecule has 1 aliphatic heterocycles. The summed E-state index contributed by atoms with van der Waals surface area (Å²) in [6, 6.07) is 1.29. The molecule has 182 valence electrons. The van der Waals surface area contributed by atoms with E-state index in [2.05, 4.69) is 5.10 Å². The van der Waals surface area contributed by atoms with Crippen molar-refractivity contribution in [2.45, 2.75) is 69.8 Å². The quantitative estimate of drug-likeness (QED) is 0.297. The Kier molecular flexibility index (Phi) is 6.49. The van der Waals surface area contributed by atoms with Gasteiger partial charge in [-0.05, 0) is 51.8 Å². The predicted octanol–water partition coefficient (Wildman–Crippen LogP) is 5.58. The molecule has 33 heavy (non-hydrogen) atoms. The Balaban J connectivity index is 2.07. The molecule has 1 saturated heterocycles. The standard InChI is InChI=1S/C20H23BClF6N2O2P/c1-6-11-7-12(18(23,19(24,25)26)20(27,28)33)8-14(22)15(11)30-10-13(9-29-30)21-31-16(2,3)17(4,5)32-21/h7-10H,6,33H2,1-5H3. The van der Waals surface area contributed by atoms with Crippen LogP contribution in [0.15, 0.2) is 24.5 Å². The molecule has 0 aliphatic carbocycles. The number of rotatable bonds is 5. The first-order chi connectivity index (χ1) is 14.9. The molecule has 1 aromatic heterocycles. The van der Waals surface area contributed by atoms with Crippen molar-refractivity contribution in [3.05, 3.63) is 40.7 Å². The van der Waals surface area contributed by atoms with Crippen LogP contribution in [0.25, 0.3) is 5.69 Å². The van der Waals surface area contributed by atoms with Crippen molar-refractivity contribution in [3.8, 4) is 5.69 Å². The van der Waals surface area contributed by atoms with Crippen LogP contribution in [-0.4, -0.2) is 39.9 Å². The lowest BCUT2D eigenvalue weighted by atomic mass is 9.82. The predicted molar refractivity (Wildman–Crippen MR) is 117 cm³/mol. The van der Waals surface area contributed by atoms with Crippen LogP contribution in [0, 0.1) is 0 Å². The number of nitrogens with zero attached hydrogens (tertiary/aromatic N) is 2. The molecule has 0 saturated carbocycles. The van der Waals surface area contributed by atoms with E-state index in [1.54, 1.807) is 6.92 Å². The van der Waals surface area contributed by atoms with Gasteiger partial charge < -0.3 is 9.31 Å². The number of aromatic nitrogens is 2. The van der Waals surface area contributed by atoms with Crippen LogP contribution in [0.3, 0.4) is 0 Å². The minimum Gasteiger partial charge on any atom is -0.399 e. The van der Waals surface area contributed by atoms with Gasteiger partial charge in [-0.15, -0.1) is 0 Å². The van der Waals surface area contributed by atoms with Gasteiger partial charge in [-0.1, -0.05) is 27.8 Å². The normalized spacial score (nSPS) is 20.2. The highest BCUT2D eigenvalue weighted by atomic mass is 35.5. The van der Waals surface area contributed by atoms with Gasteiger partial charge in [0.15, 0.2) is 0 Å². The molecule has 2 atom stereocenters. The molecule has 2 heterocycles. The fourth-order valence-electron chi connectivity index (χ4n) is 3.49. The van der Waals surface area contributed by atoms with Gasteiger partial charge in [0.1, 0.15) is 0 Å². The van der Waals surface area contributed by atoms with Crippen LogP contribution in [-0.2, 0) is 21.4 Å². The second kappa shape index (κ2) is 8.14. The zero-order valence-electron chi connectivity index (χ0n) is 18.5. The van der Waals surface area contributed by atoms with E-state index in [0.29, 0.717) is 20.8 Å². The Morgan fingerprint density at radius 3 is 2.06 bits per heavy atom. The molecule has 0 amide bonds. The Morgan fingerprint density at radius 2 is 1.61 bits per heavy atom. The monoisotopic (exact) mass is 514 g/mol. The van der Waals surface area contributed by atoms with Crippen molar-refractivity contribution in [1.29, 1.82) is 0 Å². The molecule has 13 heteroatoms. The topological polar surface area (TPSA) is 36.3 Å². The summed E-state index contributed by atoms with van der Waals surface area (Å²) in [6.07, 6.45) is -2.86. The zero-order valence-corrected chi connectivity index (χ0v) is 20.4. The maximum absolute atomic E-state index is 14.9. The van der Waals surface area contributed by atoms with Gasteiger partial charge in [-0.3, -0.25) is 0 Å². The maximum Gasteiger partial charge on any atom is 0.498 e. The highest BCUT2D eigenvalue weighted by Crippen LogP contribution is 2.56. The van der Waals surface area contributed by atoms with Crippen LogP contribution in [0.2, 0.25) is 5.02 Å². The van der Waals surface area contributed by atoms with E-state index in [1.807, 2.05) is 27.7 Å². The number of hydrogen-bond acceptors (Lipinski definition) is 3. The Hall–Kier alpha value is -1.29. The van der Waals surface area contributed by atoms with Crippen molar-refractivity contribution in [2.24, 2.45) is 0 Å².